The summed E-state index contributed by atoms with van der Waals surface area (Å²) in [5, 5.41) is 0. The highest BCUT2D eigenvalue weighted by Gasteiger charge is 2.25. The van der Waals surface area contributed by atoms with E-state index in [1.54, 1.807) is 23.9 Å². The van der Waals surface area contributed by atoms with E-state index in [4.69, 9.17) is 5.73 Å². The van der Waals surface area contributed by atoms with Crippen LogP contribution in [0.3, 0.4) is 0 Å². The van der Waals surface area contributed by atoms with Gasteiger partial charge in [0.25, 0.3) is 0 Å². The molecule has 1 aromatic carbocycles. The van der Waals surface area contributed by atoms with E-state index in [1.165, 1.54) is 0 Å². The number of hydrogen-bond donors (Lipinski definition) is 1. The van der Waals surface area contributed by atoms with Crippen molar-refractivity contribution >= 4 is 11.8 Å². The van der Waals surface area contributed by atoms with E-state index >= 15 is 0 Å². The van der Waals surface area contributed by atoms with Crippen LogP contribution in [0.5, 0.6) is 0 Å². The van der Waals surface area contributed by atoms with Gasteiger partial charge in [-0.05, 0) is 37.4 Å². The van der Waals surface area contributed by atoms with E-state index < -0.39 is 0 Å². The van der Waals surface area contributed by atoms with Gasteiger partial charge in [0, 0.05) is 16.2 Å². The third-order valence-electron chi connectivity index (χ3n) is 2.62. The number of halogens is 1. The van der Waals surface area contributed by atoms with Crippen molar-refractivity contribution in [2.24, 2.45) is 5.73 Å². The molecule has 1 unspecified atom stereocenters. The van der Waals surface area contributed by atoms with Crippen LogP contribution in [0.2, 0.25) is 0 Å². The molecule has 2 N–H and O–H groups in total. The Hall–Kier alpha value is -0.540. The zero-order valence-electron chi connectivity index (χ0n) is 8.00. The first-order valence-electron chi connectivity index (χ1n) is 4.94. The average Bonchev–Trinajstić information content (AvgIpc) is 2.59. The molecule has 0 aliphatic carbocycles. The van der Waals surface area contributed by atoms with Crippen molar-refractivity contribution in [2.75, 3.05) is 12.3 Å². The van der Waals surface area contributed by atoms with Crippen LogP contribution in [0, 0.1) is 5.82 Å². The van der Waals surface area contributed by atoms with Crippen LogP contribution in [-0.2, 0) is 0 Å². The Morgan fingerprint density at radius 1 is 1.50 bits per heavy atom. The molecule has 0 spiro atoms. The molecule has 2 rings (SSSR count). The van der Waals surface area contributed by atoms with Crippen LogP contribution >= 0.6 is 11.8 Å². The summed E-state index contributed by atoms with van der Waals surface area (Å²) in [5.41, 5.74) is 6.39. The number of rotatable bonds is 3. The average molecular weight is 211 g/mol. The first-order valence-corrected chi connectivity index (χ1v) is 5.92. The smallest absolute Gasteiger partial charge is 0.127 e. The first-order chi connectivity index (χ1) is 6.83. The predicted octanol–water partition coefficient (Wildman–Crippen LogP) is 2.75. The van der Waals surface area contributed by atoms with Crippen LogP contribution in [0.4, 0.5) is 4.39 Å². The largest absolute Gasteiger partial charge is 0.330 e. The summed E-state index contributed by atoms with van der Waals surface area (Å²) in [6, 6.07) is 5.35. The molecule has 3 heteroatoms. The summed E-state index contributed by atoms with van der Waals surface area (Å²) in [6.07, 6.45) is 2.00. The van der Waals surface area contributed by atoms with Gasteiger partial charge in [0.2, 0.25) is 0 Å². The molecule has 1 atom stereocenters. The summed E-state index contributed by atoms with van der Waals surface area (Å²) < 4.78 is 13.5. The van der Waals surface area contributed by atoms with E-state index in [0.29, 0.717) is 12.5 Å². The van der Waals surface area contributed by atoms with E-state index in [-0.39, 0.29) is 5.82 Å². The Morgan fingerprint density at radius 3 is 3.14 bits per heavy atom. The number of benzene rings is 1. The quantitative estimate of drug-likeness (QED) is 0.832. The minimum absolute atomic E-state index is 0.0467. The van der Waals surface area contributed by atoms with Gasteiger partial charge in [-0.1, -0.05) is 6.07 Å². The molecule has 14 heavy (non-hydrogen) atoms. The molecule has 1 nitrogen and oxygen atoms in total. The van der Waals surface area contributed by atoms with E-state index in [0.717, 1.165) is 29.1 Å². The highest BCUT2D eigenvalue weighted by atomic mass is 32.2. The fraction of sp³-hybridized carbons (Fsp3) is 0.455. The van der Waals surface area contributed by atoms with Gasteiger partial charge in [-0.3, -0.25) is 0 Å². The minimum atomic E-state index is -0.0467. The Balaban J connectivity index is 2.20. The third-order valence-corrected chi connectivity index (χ3v) is 3.85. The lowest BCUT2D eigenvalue weighted by Crippen LogP contribution is -2.05. The molecule has 0 amide bonds. The van der Waals surface area contributed by atoms with Crippen LogP contribution in [0.1, 0.15) is 24.3 Å². The van der Waals surface area contributed by atoms with Gasteiger partial charge in [-0.15, -0.1) is 11.8 Å². The Bertz CT molecular complexity index is 327. The molecule has 1 aromatic rings. The van der Waals surface area contributed by atoms with Crippen LogP contribution < -0.4 is 5.73 Å². The minimum Gasteiger partial charge on any atom is -0.330 e. The maximum absolute atomic E-state index is 13.5. The molecular formula is C11H14FNS. The molecule has 76 valence electrons. The zero-order chi connectivity index (χ0) is 9.97. The Morgan fingerprint density at radius 2 is 2.36 bits per heavy atom. The van der Waals surface area contributed by atoms with Gasteiger partial charge >= 0.3 is 0 Å². The topological polar surface area (TPSA) is 26.0 Å². The van der Waals surface area contributed by atoms with Gasteiger partial charge in [-0.2, -0.15) is 0 Å². The van der Waals surface area contributed by atoms with Crippen LogP contribution in [-0.4, -0.2) is 12.3 Å². The van der Waals surface area contributed by atoms with Gasteiger partial charge in [0.05, 0.1) is 0 Å². The van der Waals surface area contributed by atoms with Gasteiger partial charge in [0.15, 0.2) is 0 Å². The van der Waals surface area contributed by atoms with Crippen molar-refractivity contribution in [3.63, 3.8) is 0 Å². The maximum Gasteiger partial charge on any atom is 0.127 e. The summed E-state index contributed by atoms with van der Waals surface area (Å²) >= 11 is 1.76. The van der Waals surface area contributed by atoms with Gasteiger partial charge < -0.3 is 5.73 Å². The standard InChI is InChI=1S/C11H14FNS/c12-9-4-1-5-10-11(9)8(7-14-10)3-2-6-13/h1,4-5,8H,2-3,6-7,13H2. The Labute approximate surface area is 87.9 Å². The third kappa shape index (κ3) is 1.79. The van der Waals surface area contributed by atoms with Crippen molar-refractivity contribution in [1.29, 1.82) is 0 Å². The monoisotopic (exact) mass is 211 g/mol. The normalized spacial score (nSPS) is 19.7. The zero-order valence-corrected chi connectivity index (χ0v) is 8.82. The highest BCUT2D eigenvalue weighted by Crippen LogP contribution is 2.42. The molecule has 1 heterocycles. The van der Waals surface area contributed by atoms with Crippen molar-refractivity contribution in [1.82, 2.24) is 0 Å². The number of thioether (sulfide) groups is 1. The molecular weight excluding hydrogens is 197 g/mol. The summed E-state index contributed by atoms with van der Waals surface area (Å²) in [5.74, 6) is 1.34. The molecule has 0 bridgehead atoms. The van der Waals surface area contributed by atoms with E-state index in [9.17, 15) is 4.39 Å². The van der Waals surface area contributed by atoms with E-state index in [2.05, 4.69) is 0 Å². The van der Waals surface area contributed by atoms with Crippen molar-refractivity contribution in [2.45, 2.75) is 23.7 Å². The van der Waals surface area contributed by atoms with Crippen molar-refractivity contribution in [3.05, 3.63) is 29.6 Å². The lowest BCUT2D eigenvalue weighted by Gasteiger charge is -2.10. The molecule has 0 saturated heterocycles. The SMILES string of the molecule is NCCCC1CSc2cccc(F)c21. The second-order valence-corrected chi connectivity index (χ2v) is 4.65. The summed E-state index contributed by atoms with van der Waals surface area (Å²) in [4.78, 5) is 1.12. The highest BCUT2D eigenvalue weighted by molar-refractivity contribution is 7.99. The lowest BCUT2D eigenvalue weighted by molar-refractivity contribution is 0.566. The summed E-state index contributed by atoms with van der Waals surface area (Å²) in [6.45, 7) is 0.699. The predicted molar refractivity (Wildman–Crippen MR) is 58.2 cm³/mol. The lowest BCUT2D eigenvalue weighted by atomic mass is 9.96. The fourth-order valence-electron chi connectivity index (χ4n) is 1.90. The van der Waals surface area contributed by atoms with E-state index in [1.807, 2.05) is 6.07 Å². The molecule has 0 radical (unpaired) electrons. The van der Waals surface area contributed by atoms with Crippen molar-refractivity contribution in [3.8, 4) is 0 Å². The van der Waals surface area contributed by atoms with Gasteiger partial charge in [0.1, 0.15) is 5.82 Å². The van der Waals surface area contributed by atoms with Crippen LogP contribution in [0.25, 0.3) is 0 Å². The molecule has 1 aliphatic rings. The first kappa shape index (κ1) is 9.99. The molecule has 1 aliphatic heterocycles. The van der Waals surface area contributed by atoms with Crippen molar-refractivity contribution < 1.29 is 4.39 Å². The Kier molecular flexibility index (Phi) is 3.08. The summed E-state index contributed by atoms with van der Waals surface area (Å²) in [7, 11) is 0. The number of nitrogens with two attached hydrogens (primary N) is 1. The number of hydrogen-bond acceptors (Lipinski definition) is 2. The molecule has 0 aromatic heterocycles. The fourth-order valence-corrected chi connectivity index (χ4v) is 3.21. The second kappa shape index (κ2) is 4.32. The maximum atomic E-state index is 13.5. The van der Waals surface area contributed by atoms with Crippen LogP contribution in [0.15, 0.2) is 23.1 Å². The van der Waals surface area contributed by atoms with Gasteiger partial charge in [-0.25, -0.2) is 4.39 Å². The second-order valence-electron chi connectivity index (χ2n) is 3.59. The molecule has 0 saturated carbocycles. The molecule has 0 fully saturated rings. The number of fused-ring (bicyclic) bond motifs is 1.